The van der Waals surface area contributed by atoms with Crippen molar-refractivity contribution in [1.29, 1.82) is 0 Å². The summed E-state index contributed by atoms with van der Waals surface area (Å²) >= 11 is 0. The average Bonchev–Trinajstić information content (AvgIpc) is 3.63. The van der Waals surface area contributed by atoms with E-state index >= 15 is 0 Å². The number of rotatable bonds is 20. The smallest absolute Gasteiger partial charge is 0.326 e. The van der Waals surface area contributed by atoms with Crippen LogP contribution in [0.3, 0.4) is 0 Å². The standard InChI is InChI=1S/C29H54N12O8/c30-18(6-1-4-10-37-28(32)33)23(44)36-9-3-2-7-19(31)25(46)41-15-17(43)13-22(41)26(47)40-14-16(42)12-21(40)24(45)39-20(27(48)49)8-5-11-38-29(34)35/h16-22,42-43H,1-15,30-31H2,(H,36,44)(H,39,45)(H,48,49)(H4,32,33,37)(H4,34,35,38)/t16-,17-,18+,19+,20+,21+,22+/m1/s1. The molecule has 2 heterocycles. The van der Waals surface area contributed by atoms with Gasteiger partial charge in [-0.2, -0.15) is 0 Å². The molecule has 2 rings (SSSR count). The maximum absolute atomic E-state index is 13.7. The van der Waals surface area contributed by atoms with Crippen LogP contribution in [0.25, 0.3) is 0 Å². The van der Waals surface area contributed by atoms with E-state index in [9.17, 15) is 39.3 Å². The molecule has 0 spiro atoms. The minimum absolute atomic E-state index is 0.0103. The van der Waals surface area contributed by atoms with Gasteiger partial charge in [-0.3, -0.25) is 29.2 Å². The summed E-state index contributed by atoms with van der Waals surface area (Å²) in [6.07, 6.45) is 1.04. The van der Waals surface area contributed by atoms with Gasteiger partial charge in [-0.1, -0.05) is 0 Å². The van der Waals surface area contributed by atoms with Crippen LogP contribution in [0, 0.1) is 0 Å². The predicted molar refractivity (Wildman–Crippen MR) is 179 cm³/mol. The second-order valence-electron chi connectivity index (χ2n) is 12.4. The zero-order chi connectivity index (χ0) is 36.7. The Bertz CT molecular complexity index is 1200. The number of carbonyl (C=O) groups is 5. The monoisotopic (exact) mass is 698 g/mol. The molecule has 0 aromatic heterocycles. The first kappa shape index (κ1) is 40.9. The molecule has 20 nitrogen and oxygen atoms in total. The maximum atomic E-state index is 13.7. The normalized spacial score (nSPS) is 22.1. The van der Waals surface area contributed by atoms with Crippen LogP contribution in [0.5, 0.6) is 0 Å². The van der Waals surface area contributed by atoms with Gasteiger partial charge in [-0.25, -0.2) is 4.79 Å². The van der Waals surface area contributed by atoms with Crippen molar-refractivity contribution in [1.82, 2.24) is 20.4 Å². The number of aliphatic carboxylic acids is 1. The Morgan fingerprint density at radius 1 is 0.735 bits per heavy atom. The van der Waals surface area contributed by atoms with Gasteiger partial charge in [0.25, 0.3) is 0 Å². The van der Waals surface area contributed by atoms with E-state index in [1.807, 2.05) is 0 Å². The fourth-order valence-corrected chi connectivity index (χ4v) is 5.80. The number of nitrogens with zero attached hydrogens (tertiary/aromatic N) is 4. The maximum Gasteiger partial charge on any atom is 0.326 e. The lowest BCUT2D eigenvalue weighted by atomic mass is 10.1. The molecule has 2 aliphatic heterocycles. The summed E-state index contributed by atoms with van der Waals surface area (Å²) in [6, 6.07) is -5.30. The first-order chi connectivity index (χ1) is 23.1. The molecule has 0 unspecified atom stereocenters. The second kappa shape index (κ2) is 20.3. The Morgan fingerprint density at radius 3 is 1.90 bits per heavy atom. The minimum Gasteiger partial charge on any atom is -0.480 e. The number of carboxylic acid groups (broad SMARTS) is 1. The average molecular weight is 699 g/mol. The van der Waals surface area contributed by atoms with Gasteiger partial charge in [0.05, 0.1) is 24.3 Å². The highest BCUT2D eigenvalue weighted by Crippen LogP contribution is 2.26. The Morgan fingerprint density at radius 2 is 1.29 bits per heavy atom. The zero-order valence-corrected chi connectivity index (χ0v) is 27.8. The van der Waals surface area contributed by atoms with Crippen LogP contribution in [0.4, 0.5) is 0 Å². The molecular weight excluding hydrogens is 644 g/mol. The van der Waals surface area contributed by atoms with E-state index in [1.54, 1.807) is 0 Å². The number of amides is 4. The van der Waals surface area contributed by atoms with E-state index in [0.29, 0.717) is 45.2 Å². The SMILES string of the molecule is NC(N)=NCCCC[C@H](N)C(=O)NCCCC[C@H](N)C(=O)N1C[C@H](O)C[C@H]1C(=O)N1C[C@H](O)C[C@H]1C(=O)N[C@@H](CCCN=C(N)N)C(=O)O. The van der Waals surface area contributed by atoms with E-state index in [2.05, 4.69) is 20.6 Å². The summed E-state index contributed by atoms with van der Waals surface area (Å²) in [5.74, 6) is -3.73. The van der Waals surface area contributed by atoms with E-state index < -0.39 is 66.1 Å². The number of β-amino-alcohol motifs (C(OH)–C–C–N with tert-alkyl or cyclic N) is 2. The lowest BCUT2D eigenvalue weighted by molar-refractivity contribution is -0.148. The highest BCUT2D eigenvalue weighted by atomic mass is 16.4. The molecule has 0 aliphatic carbocycles. The van der Waals surface area contributed by atoms with Crippen molar-refractivity contribution in [3.8, 4) is 0 Å². The summed E-state index contributed by atoms with van der Waals surface area (Å²) in [4.78, 5) is 74.2. The zero-order valence-electron chi connectivity index (χ0n) is 27.8. The third-order valence-electron chi connectivity index (χ3n) is 8.38. The fraction of sp³-hybridized carbons (Fsp3) is 0.759. The Balaban J connectivity index is 1.89. The topological polar surface area (TPSA) is 357 Å². The van der Waals surface area contributed by atoms with Gasteiger partial charge in [0.1, 0.15) is 18.1 Å². The molecule has 17 N–H and O–H groups in total. The second-order valence-corrected chi connectivity index (χ2v) is 12.4. The van der Waals surface area contributed by atoms with Crippen molar-refractivity contribution in [2.75, 3.05) is 32.7 Å². The summed E-state index contributed by atoms with van der Waals surface area (Å²) < 4.78 is 0. The number of likely N-dealkylation sites (tertiary alicyclic amines) is 2. The van der Waals surface area contributed by atoms with Gasteiger partial charge in [-0.05, 0) is 51.4 Å². The highest BCUT2D eigenvalue weighted by Gasteiger charge is 2.47. The number of aliphatic hydroxyl groups is 2. The largest absolute Gasteiger partial charge is 0.480 e. The first-order valence-electron chi connectivity index (χ1n) is 16.5. The van der Waals surface area contributed by atoms with Crippen molar-refractivity contribution < 1.29 is 39.3 Å². The van der Waals surface area contributed by atoms with Crippen LogP contribution in [0.15, 0.2) is 9.98 Å². The molecule has 0 bridgehead atoms. The number of nitrogens with two attached hydrogens (primary N) is 6. The molecule has 278 valence electrons. The fourth-order valence-electron chi connectivity index (χ4n) is 5.80. The van der Waals surface area contributed by atoms with Crippen molar-refractivity contribution >= 4 is 41.5 Å². The number of hydrogen-bond donors (Lipinski definition) is 11. The molecule has 7 atom stereocenters. The van der Waals surface area contributed by atoms with Crippen LogP contribution in [0.2, 0.25) is 0 Å². The van der Waals surface area contributed by atoms with Crippen LogP contribution in [-0.4, -0.2) is 142 Å². The molecule has 2 saturated heterocycles. The van der Waals surface area contributed by atoms with Gasteiger partial charge in [0.2, 0.25) is 23.6 Å². The number of carbonyl (C=O) groups excluding carboxylic acids is 4. The van der Waals surface area contributed by atoms with Crippen LogP contribution in [-0.2, 0) is 24.0 Å². The quantitative estimate of drug-likeness (QED) is 0.0322. The third-order valence-corrected chi connectivity index (χ3v) is 8.38. The Labute approximate surface area is 285 Å². The highest BCUT2D eigenvalue weighted by molar-refractivity contribution is 5.95. The molecule has 0 aromatic carbocycles. The Hall–Kier alpha value is -4.27. The number of carboxylic acids is 1. The summed E-state index contributed by atoms with van der Waals surface area (Å²) in [7, 11) is 0. The third kappa shape index (κ3) is 13.6. The van der Waals surface area contributed by atoms with Crippen molar-refractivity contribution in [3.05, 3.63) is 0 Å². The van der Waals surface area contributed by atoms with E-state index in [-0.39, 0.29) is 69.6 Å². The van der Waals surface area contributed by atoms with Crippen molar-refractivity contribution in [3.63, 3.8) is 0 Å². The Kier molecular flexibility index (Phi) is 16.9. The van der Waals surface area contributed by atoms with Gasteiger partial charge < -0.3 is 70.2 Å². The molecular formula is C29H54N12O8. The summed E-state index contributed by atoms with van der Waals surface area (Å²) in [6.45, 7) is 0.574. The van der Waals surface area contributed by atoms with Crippen molar-refractivity contribution in [2.24, 2.45) is 44.4 Å². The number of aliphatic hydroxyl groups excluding tert-OH is 2. The predicted octanol–water partition coefficient (Wildman–Crippen LogP) is -5.08. The number of unbranched alkanes of at least 4 members (excludes halogenated alkanes) is 2. The molecule has 0 radical (unpaired) electrons. The number of hydrogen-bond acceptors (Lipinski definition) is 11. The lowest BCUT2D eigenvalue weighted by Crippen LogP contribution is -2.56. The molecule has 20 heteroatoms. The summed E-state index contributed by atoms with van der Waals surface area (Å²) in [5.41, 5.74) is 33.2. The van der Waals surface area contributed by atoms with Crippen LogP contribution in [0.1, 0.15) is 64.2 Å². The molecule has 4 amide bonds. The number of guanidine groups is 2. The van der Waals surface area contributed by atoms with Gasteiger partial charge >= 0.3 is 5.97 Å². The molecule has 0 saturated carbocycles. The van der Waals surface area contributed by atoms with E-state index in [1.165, 1.54) is 4.90 Å². The number of nitrogens with one attached hydrogen (secondary N) is 2. The van der Waals surface area contributed by atoms with Crippen LogP contribution < -0.4 is 45.0 Å². The van der Waals surface area contributed by atoms with Crippen molar-refractivity contribution in [2.45, 2.75) is 107 Å². The molecule has 49 heavy (non-hydrogen) atoms. The molecule has 0 aromatic rings. The summed E-state index contributed by atoms with van der Waals surface area (Å²) in [5, 5.41) is 35.5. The first-order valence-corrected chi connectivity index (χ1v) is 16.5. The minimum atomic E-state index is -1.29. The lowest BCUT2D eigenvalue weighted by Gasteiger charge is -2.32. The van der Waals surface area contributed by atoms with Gasteiger partial charge in [0, 0.05) is 45.6 Å². The number of aliphatic imine (C=N–C) groups is 2. The molecule has 2 aliphatic rings. The molecule has 2 fully saturated rings. The van der Waals surface area contributed by atoms with E-state index in [4.69, 9.17) is 34.4 Å². The van der Waals surface area contributed by atoms with Gasteiger partial charge in [0.15, 0.2) is 11.9 Å². The van der Waals surface area contributed by atoms with Crippen LogP contribution >= 0.6 is 0 Å². The van der Waals surface area contributed by atoms with Gasteiger partial charge in [-0.15, -0.1) is 0 Å². The van der Waals surface area contributed by atoms with E-state index in [0.717, 1.165) is 4.90 Å².